The van der Waals surface area contributed by atoms with Crippen molar-refractivity contribution in [2.75, 3.05) is 23.9 Å². The largest absolute Gasteiger partial charge is 0.370 e. The Hall–Kier alpha value is -1.55. The van der Waals surface area contributed by atoms with Gasteiger partial charge in [0.2, 0.25) is 11.8 Å². The second-order valence-electron chi connectivity index (χ2n) is 11.0. The first-order chi connectivity index (χ1) is 16.5. The molecule has 8 nitrogen and oxygen atoms in total. The SMILES string of the molecule is Cc1ccc(Cl)c(N2CCCN(CC(=O)NC3C4CC5CC3CC(CC(N)=O)(C5)C4)S2(=O)=O)c1Cl. The van der Waals surface area contributed by atoms with E-state index >= 15 is 0 Å². The summed E-state index contributed by atoms with van der Waals surface area (Å²) in [7, 11) is -3.97. The molecule has 1 aromatic rings. The van der Waals surface area contributed by atoms with Crippen molar-refractivity contribution in [2.45, 2.75) is 57.9 Å². The quantitative estimate of drug-likeness (QED) is 0.574. The Morgan fingerprint density at radius 3 is 2.49 bits per heavy atom. The minimum Gasteiger partial charge on any atom is -0.370 e. The van der Waals surface area contributed by atoms with Gasteiger partial charge in [0.15, 0.2) is 0 Å². The summed E-state index contributed by atoms with van der Waals surface area (Å²) in [5.41, 5.74) is 6.52. The molecule has 35 heavy (non-hydrogen) atoms. The van der Waals surface area contributed by atoms with Gasteiger partial charge in [-0.15, -0.1) is 0 Å². The molecule has 0 aromatic heterocycles. The minimum atomic E-state index is -3.97. The van der Waals surface area contributed by atoms with Crippen molar-refractivity contribution in [3.63, 3.8) is 0 Å². The smallest absolute Gasteiger partial charge is 0.304 e. The zero-order chi connectivity index (χ0) is 25.1. The predicted octanol–water partition coefficient (Wildman–Crippen LogP) is 3.25. The van der Waals surface area contributed by atoms with Crippen LogP contribution in [-0.2, 0) is 19.8 Å². The summed E-state index contributed by atoms with van der Waals surface area (Å²) in [4.78, 5) is 24.8. The summed E-state index contributed by atoms with van der Waals surface area (Å²) in [6.45, 7) is 2.06. The summed E-state index contributed by atoms with van der Waals surface area (Å²) >= 11 is 12.8. The Kier molecular flexibility index (Phi) is 6.52. The van der Waals surface area contributed by atoms with E-state index in [-0.39, 0.29) is 53.6 Å². The van der Waals surface area contributed by atoms with Crippen LogP contribution in [0.15, 0.2) is 12.1 Å². The Morgan fingerprint density at radius 2 is 1.83 bits per heavy atom. The average molecular weight is 544 g/mol. The maximum Gasteiger partial charge on any atom is 0.304 e. The lowest BCUT2D eigenvalue weighted by Gasteiger charge is -2.60. The highest BCUT2D eigenvalue weighted by Gasteiger charge is 2.56. The third kappa shape index (κ3) is 4.54. The zero-order valence-corrected chi connectivity index (χ0v) is 22.1. The molecule has 4 aliphatic carbocycles. The molecular weight excluding hydrogens is 511 g/mol. The molecule has 1 aromatic carbocycles. The number of halogens is 2. The minimum absolute atomic E-state index is 0.0179. The van der Waals surface area contributed by atoms with Gasteiger partial charge in [0.1, 0.15) is 0 Å². The standard InChI is InChI=1S/C24H32Cl2N4O4S/c1-14-3-4-18(25)23(21(14)26)30-6-2-5-29(35(30,33)34)13-20(32)28-22-16-7-15-8-17(22)11-24(9-15,10-16)12-19(27)31/h3-4,15-17,22H,2,5-13H2,1H3,(H2,27,31)(H,28,32). The van der Waals surface area contributed by atoms with Crippen LogP contribution in [0.5, 0.6) is 0 Å². The first-order valence-electron chi connectivity index (χ1n) is 12.3. The number of aryl methyl sites for hydroxylation is 1. The number of hydrogen-bond donors (Lipinski definition) is 2. The molecule has 11 heteroatoms. The number of rotatable bonds is 6. The maximum absolute atomic E-state index is 13.5. The van der Waals surface area contributed by atoms with Gasteiger partial charge in [0, 0.05) is 25.6 Å². The Labute approximate surface area is 216 Å². The highest BCUT2D eigenvalue weighted by atomic mass is 35.5. The third-order valence-corrected chi connectivity index (χ3v) is 11.1. The van der Waals surface area contributed by atoms with E-state index in [1.165, 1.54) is 8.61 Å². The molecule has 5 fully saturated rings. The summed E-state index contributed by atoms with van der Waals surface area (Å²) in [5.74, 6) is 0.659. The fraction of sp³-hybridized carbons (Fsp3) is 0.667. The lowest BCUT2D eigenvalue weighted by atomic mass is 9.47. The molecule has 2 atom stereocenters. The van der Waals surface area contributed by atoms with Crippen molar-refractivity contribution < 1.29 is 18.0 Å². The van der Waals surface area contributed by atoms with E-state index < -0.39 is 10.2 Å². The Balaban J connectivity index is 1.29. The molecule has 0 radical (unpaired) electrons. The monoisotopic (exact) mass is 542 g/mol. The number of anilines is 1. The van der Waals surface area contributed by atoms with Crippen LogP contribution in [-0.4, -0.2) is 50.2 Å². The number of nitrogens with two attached hydrogens (primary N) is 1. The molecule has 0 spiro atoms. The lowest BCUT2D eigenvalue weighted by molar-refractivity contribution is -0.134. The highest BCUT2D eigenvalue weighted by molar-refractivity contribution is 7.90. The van der Waals surface area contributed by atoms with Crippen LogP contribution >= 0.6 is 23.2 Å². The predicted molar refractivity (Wildman–Crippen MR) is 135 cm³/mol. The van der Waals surface area contributed by atoms with Gasteiger partial charge in [-0.05, 0) is 80.2 Å². The summed E-state index contributed by atoms with van der Waals surface area (Å²) in [6, 6.07) is 3.40. The molecule has 1 heterocycles. The van der Waals surface area contributed by atoms with Gasteiger partial charge in [-0.2, -0.15) is 12.7 Å². The number of nitrogens with one attached hydrogen (secondary N) is 1. The van der Waals surface area contributed by atoms with Crippen LogP contribution in [0.25, 0.3) is 0 Å². The molecule has 6 rings (SSSR count). The maximum atomic E-state index is 13.5. The van der Waals surface area contributed by atoms with Crippen LogP contribution in [0, 0.1) is 30.1 Å². The first-order valence-corrected chi connectivity index (χ1v) is 14.4. The van der Waals surface area contributed by atoms with E-state index in [0.29, 0.717) is 35.6 Å². The Bertz CT molecular complexity index is 1140. The van der Waals surface area contributed by atoms with E-state index in [2.05, 4.69) is 5.32 Å². The van der Waals surface area contributed by atoms with Gasteiger partial charge in [0.05, 0.1) is 22.3 Å². The van der Waals surface area contributed by atoms with E-state index in [1.54, 1.807) is 19.1 Å². The second kappa shape index (κ2) is 9.08. The highest BCUT2D eigenvalue weighted by Crippen LogP contribution is 2.61. The van der Waals surface area contributed by atoms with Crippen molar-refractivity contribution in [2.24, 2.45) is 28.9 Å². The van der Waals surface area contributed by atoms with E-state index in [1.807, 2.05) is 0 Å². The van der Waals surface area contributed by atoms with Gasteiger partial charge in [-0.3, -0.25) is 13.9 Å². The number of carbonyl (C=O) groups is 2. The third-order valence-electron chi connectivity index (χ3n) is 8.48. The fourth-order valence-electron chi connectivity index (χ4n) is 7.43. The van der Waals surface area contributed by atoms with Crippen LogP contribution in [0.4, 0.5) is 5.69 Å². The van der Waals surface area contributed by atoms with Crippen LogP contribution in [0.1, 0.15) is 50.5 Å². The van der Waals surface area contributed by atoms with Gasteiger partial charge in [-0.25, -0.2) is 0 Å². The van der Waals surface area contributed by atoms with Gasteiger partial charge in [-0.1, -0.05) is 29.3 Å². The number of nitrogens with zero attached hydrogens (tertiary/aromatic N) is 2. The topological polar surface area (TPSA) is 113 Å². The number of benzene rings is 1. The molecule has 192 valence electrons. The number of hydrogen-bond acceptors (Lipinski definition) is 4. The Morgan fingerprint density at radius 1 is 1.14 bits per heavy atom. The molecule has 2 amide bonds. The summed E-state index contributed by atoms with van der Waals surface area (Å²) < 4.78 is 29.3. The van der Waals surface area contributed by atoms with Crippen LogP contribution in [0.2, 0.25) is 10.0 Å². The van der Waals surface area contributed by atoms with Crippen LogP contribution < -0.4 is 15.4 Å². The summed E-state index contributed by atoms with van der Waals surface area (Å²) in [5, 5.41) is 3.73. The molecule has 5 aliphatic rings. The summed E-state index contributed by atoms with van der Waals surface area (Å²) in [6.07, 6.45) is 5.91. The number of carbonyl (C=O) groups excluding carboxylic acids is 2. The molecule has 1 aliphatic heterocycles. The van der Waals surface area contributed by atoms with Gasteiger partial charge < -0.3 is 11.1 Å². The molecule has 4 bridgehead atoms. The van der Waals surface area contributed by atoms with Crippen molar-refractivity contribution in [1.82, 2.24) is 9.62 Å². The average Bonchev–Trinajstić information content (AvgIpc) is 2.75. The molecule has 3 N–H and O–H groups in total. The molecule has 1 saturated heterocycles. The van der Waals surface area contributed by atoms with Crippen molar-refractivity contribution in [1.29, 1.82) is 0 Å². The van der Waals surface area contributed by atoms with E-state index in [9.17, 15) is 18.0 Å². The second-order valence-corrected chi connectivity index (χ2v) is 13.6. The molecular formula is C24H32Cl2N4O4S. The van der Waals surface area contributed by atoms with Crippen LogP contribution in [0.3, 0.4) is 0 Å². The normalized spacial score (nSPS) is 33.6. The van der Waals surface area contributed by atoms with Gasteiger partial charge in [0.25, 0.3) is 0 Å². The molecule has 4 saturated carbocycles. The first kappa shape index (κ1) is 25.1. The molecule has 2 unspecified atom stereocenters. The van der Waals surface area contributed by atoms with Gasteiger partial charge >= 0.3 is 10.2 Å². The lowest BCUT2D eigenvalue weighted by Crippen LogP contribution is -2.61. The fourth-order valence-corrected chi connectivity index (χ4v) is 9.80. The number of amides is 2. The van der Waals surface area contributed by atoms with E-state index in [0.717, 1.165) is 37.7 Å². The number of primary amides is 1. The van der Waals surface area contributed by atoms with E-state index in [4.69, 9.17) is 28.9 Å². The van der Waals surface area contributed by atoms with Crippen molar-refractivity contribution in [3.8, 4) is 0 Å². The zero-order valence-electron chi connectivity index (χ0n) is 19.8. The van der Waals surface area contributed by atoms with Crippen molar-refractivity contribution in [3.05, 3.63) is 27.7 Å². The van der Waals surface area contributed by atoms with Crippen molar-refractivity contribution >= 4 is 50.9 Å².